The van der Waals surface area contributed by atoms with Gasteiger partial charge >= 0.3 is 0 Å². The molecule has 5 heteroatoms. The number of aromatic amines is 1. The number of imidazole rings is 2. The number of fused-ring (bicyclic) bond motifs is 2. The standard InChI is InChI=1S/C22H18N4S/c1-2-8-16(9-3-1)14-26-20-13-7-6-12-19(20)25-22(26)27-15-21-23-17-10-4-5-11-18(17)24-21/h1-13H,14-15H2,(H,23,24). The van der Waals surface area contributed by atoms with E-state index in [0.29, 0.717) is 0 Å². The Bertz CT molecular complexity index is 1170. The van der Waals surface area contributed by atoms with Gasteiger partial charge in [0.25, 0.3) is 0 Å². The lowest BCUT2D eigenvalue weighted by Gasteiger charge is -2.08. The van der Waals surface area contributed by atoms with Crippen molar-refractivity contribution in [1.29, 1.82) is 0 Å². The lowest BCUT2D eigenvalue weighted by molar-refractivity contribution is 0.730. The molecule has 3 aromatic carbocycles. The summed E-state index contributed by atoms with van der Waals surface area (Å²) in [5, 5.41) is 1.01. The van der Waals surface area contributed by atoms with E-state index < -0.39 is 0 Å². The fraction of sp³-hybridized carbons (Fsp3) is 0.0909. The zero-order valence-electron chi connectivity index (χ0n) is 14.7. The number of nitrogens with one attached hydrogen (secondary N) is 1. The van der Waals surface area contributed by atoms with Crippen molar-refractivity contribution in [2.45, 2.75) is 17.5 Å². The summed E-state index contributed by atoms with van der Waals surface area (Å²) in [6.45, 7) is 0.809. The van der Waals surface area contributed by atoms with Crippen molar-refractivity contribution in [3.63, 3.8) is 0 Å². The molecular formula is C22H18N4S. The maximum absolute atomic E-state index is 4.86. The molecule has 0 fully saturated rings. The maximum Gasteiger partial charge on any atom is 0.169 e. The molecule has 0 unspecified atom stereocenters. The van der Waals surface area contributed by atoms with Crippen LogP contribution in [0.4, 0.5) is 0 Å². The molecule has 2 heterocycles. The highest BCUT2D eigenvalue weighted by Crippen LogP contribution is 2.27. The molecule has 0 saturated heterocycles. The molecule has 132 valence electrons. The van der Waals surface area contributed by atoms with Crippen molar-refractivity contribution < 1.29 is 0 Å². The molecule has 2 aromatic heterocycles. The molecule has 0 radical (unpaired) electrons. The lowest BCUT2D eigenvalue weighted by atomic mass is 10.2. The molecule has 0 saturated carbocycles. The molecule has 0 aliphatic heterocycles. The molecule has 0 atom stereocenters. The van der Waals surface area contributed by atoms with Crippen LogP contribution in [0.5, 0.6) is 0 Å². The van der Waals surface area contributed by atoms with Crippen molar-refractivity contribution >= 4 is 33.8 Å². The number of hydrogen-bond donors (Lipinski definition) is 1. The highest BCUT2D eigenvalue weighted by molar-refractivity contribution is 7.98. The maximum atomic E-state index is 4.86. The van der Waals surface area contributed by atoms with Crippen LogP contribution in [-0.2, 0) is 12.3 Å². The minimum absolute atomic E-state index is 0.757. The normalized spacial score (nSPS) is 11.4. The third-order valence-corrected chi connectivity index (χ3v) is 5.57. The van der Waals surface area contributed by atoms with Crippen LogP contribution in [0.25, 0.3) is 22.1 Å². The van der Waals surface area contributed by atoms with Gasteiger partial charge in [-0.3, -0.25) is 0 Å². The van der Waals surface area contributed by atoms with E-state index in [-0.39, 0.29) is 0 Å². The van der Waals surface area contributed by atoms with Gasteiger partial charge < -0.3 is 9.55 Å². The van der Waals surface area contributed by atoms with Gasteiger partial charge in [-0.2, -0.15) is 0 Å². The third-order valence-electron chi connectivity index (χ3n) is 4.58. The molecule has 0 aliphatic rings. The van der Waals surface area contributed by atoms with Gasteiger partial charge in [-0.1, -0.05) is 66.4 Å². The molecule has 4 nitrogen and oxygen atoms in total. The summed E-state index contributed by atoms with van der Waals surface area (Å²) in [7, 11) is 0. The van der Waals surface area contributed by atoms with Gasteiger partial charge in [0.15, 0.2) is 5.16 Å². The van der Waals surface area contributed by atoms with Crippen LogP contribution >= 0.6 is 11.8 Å². The van der Waals surface area contributed by atoms with Crippen LogP contribution in [0.15, 0.2) is 84.0 Å². The van der Waals surface area contributed by atoms with Crippen molar-refractivity contribution in [2.75, 3.05) is 0 Å². The summed E-state index contributed by atoms with van der Waals surface area (Å²) >= 11 is 1.72. The second kappa shape index (κ2) is 6.93. The van der Waals surface area contributed by atoms with Gasteiger partial charge in [-0.15, -0.1) is 0 Å². The minimum Gasteiger partial charge on any atom is -0.341 e. The number of H-pyrrole nitrogens is 1. The Morgan fingerprint density at radius 1 is 0.778 bits per heavy atom. The number of benzene rings is 3. The molecule has 0 bridgehead atoms. The van der Waals surface area contributed by atoms with Crippen LogP contribution in [0.1, 0.15) is 11.4 Å². The first-order valence-electron chi connectivity index (χ1n) is 8.92. The molecular weight excluding hydrogens is 352 g/mol. The lowest BCUT2D eigenvalue weighted by Crippen LogP contribution is -2.01. The molecule has 0 amide bonds. The van der Waals surface area contributed by atoms with Crippen LogP contribution in [0, 0.1) is 0 Å². The van der Waals surface area contributed by atoms with Gasteiger partial charge in [-0.05, 0) is 29.8 Å². The molecule has 0 aliphatic carbocycles. The Hall–Kier alpha value is -3.05. The second-order valence-corrected chi connectivity index (χ2v) is 7.39. The van der Waals surface area contributed by atoms with E-state index in [9.17, 15) is 0 Å². The minimum atomic E-state index is 0.757. The first kappa shape index (κ1) is 16.1. The predicted molar refractivity (Wildman–Crippen MR) is 111 cm³/mol. The topological polar surface area (TPSA) is 46.5 Å². The second-order valence-electron chi connectivity index (χ2n) is 6.44. The van der Waals surface area contributed by atoms with E-state index in [1.165, 1.54) is 5.56 Å². The van der Waals surface area contributed by atoms with Crippen molar-refractivity contribution in [3.8, 4) is 0 Å². The number of nitrogens with zero attached hydrogens (tertiary/aromatic N) is 3. The van der Waals surface area contributed by atoms with E-state index in [2.05, 4.69) is 63.1 Å². The molecule has 5 aromatic rings. The Morgan fingerprint density at radius 3 is 2.37 bits per heavy atom. The average Bonchev–Trinajstić information content (AvgIpc) is 3.28. The Balaban J connectivity index is 1.47. The predicted octanol–water partition coefficient (Wildman–Crippen LogP) is 5.25. The van der Waals surface area contributed by atoms with Gasteiger partial charge in [0.05, 0.1) is 34.4 Å². The SMILES string of the molecule is c1ccc(Cn2c(SCc3nc4ccccc4[nH]3)nc3ccccc32)cc1. The van der Waals surface area contributed by atoms with Crippen molar-refractivity contribution in [2.24, 2.45) is 0 Å². The summed E-state index contributed by atoms with van der Waals surface area (Å²) in [5.74, 6) is 1.73. The van der Waals surface area contributed by atoms with E-state index in [0.717, 1.165) is 45.3 Å². The van der Waals surface area contributed by atoms with Crippen molar-refractivity contribution in [1.82, 2.24) is 19.5 Å². The fourth-order valence-corrected chi connectivity index (χ4v) is 4.17. The fourth-order valence-electron chi connectivity index (χ4n) is 3.29. The van der Waals surface area contributed by atoms with E-state index in [1.807, 2.05) is 30.3 Å². The molecule has 5 rings (SSSR count). The molecule has 27 heavy (non-hydrogen) atoms. The number of rotatable bonds is 5. The summed E-state index contributed by atoms with van der Waals surface area (Å²) in [6, 6.07) is 27.0. The smallest absolute Gasteiger partial charge is 0.169 e. The van der Waals surface area contributed by atoms with Crippen LogP contribution in [0.2, 0.25) is 0 Å². The largest absolute Gasteiger partial charge is 0.341 e. The van der Waals surface area contributed by atoms with Crippen molar-refractivity contribution in [3.05, 3.63) is 90.3 Å². The summed E-state index contributed by atoms with van der Waals surface area (Å²) in [5.41, 5.74) is 5.54. The Kier molecular flexibility index (Phi) is 4.14. The Morgan fingerprint density at radius 2 is 1.52 bits per heavy atom. The molecule has 1 N–H and O–H groups in total. The monoisotopic (exact) mass is 370 g/mol. The average molecular weight is 370 g/mol. The first-order chi connectivity index (χ1) is 13.4. The summed E-state index contributed by atoms with van der Waals surface area (Å²) in [6.07, 6.45) is 0. The highest BCUT2D eigenvalue weighted by Gasteiger charge is 2.12. The molecule has 0 spiro atoms. The summed E-state index contributed by atoms with van der Waals surface area (Å²) < 4.78 is 2.29. The number of hydrogen-bond acceptors (Lipinski definition) is 3. The number of para-hydroxylation sites is 4. The van der Waals surface area contributed by atoms with Gasteiger partial charge in [0.1, 0.15) is 5.82 Å². The van der Waals surface area contributed by atoms with E-state index >= 15 is 0 Å². The zero-order valence-corrected chi connectivity index (χ0v) is 15.5. The Labute approximate surface area is 161 Å². The number of aromatic nitrogens is 4. The van der Waals surface area contributed by atoms with Gasteiger partial charge in [-0.25, -0.2) is 9.97 Å². The third kappa shape index (κ3) is 3.22. The number of thioether (sulfide) groups is 1. The van der Waals surface area contributed by atoms with Gasteiger partial charge in [0, 0.05) is 0 Å². The summed E-state index contributed by atoms with van der Waals surface area (Å²) in [4.78, 5) is 12.9. The van der Waals surface area contributed by atoms with E-state index in [1.54, 1.807) is 11.8 Å². The quantitative estimate of drug-likeness (QED) is 0.430. The van der Waals surface area contributed by atoms with E-state index in [4.69, 9.17) is 4.98 Å². The van der Waals surface area contributed by atoms with Crippen LogP contribution in [0.3, 0.4) is 0 Å². The van der Waals surface area contributed by atoms with Crippen LogP contribution < -0.4 is 0 Å². The van der Waals surface area contributed by atoms with Gasteiger partial charge in [0.2, 0.25) is 0 Å². The first-order valence-corrected chi connectivity index (χ1v) is 9.91. The zero-order chi connectivity index (χ0) is 18.1. The van der Waals surface area contributed by atoms with Crippen LogP contribution in [-0.4, -0.2) is 19.5 Å². The highest BCUT2D eigenvalue weighted by atomic mass is 32.2.